The largest absolute Gasteiger partial charge is 0.393 e. The maximum Gasteiger partial charge on any atom is 0.0740 e. The van der Waals surface area contributed by atoms with Crippen LogP contribution in [0, 0.1) is 0 Å². The summed E-state index contributed by atoms with van der Waals surface area (Å²) in [6.45, 7) is 1.78. The highest BCUT2D eigenvalue weighted by atomic mass is 35.5. The minimum Gasteiger partial charge on any atom is -0.393 e. The van der Waals surface area contributed by atoms with Gasteiger partial charge in [-0.25, -0.2) is 0 Å². The molecule has 0 aliphatic rings. The van der Waals surface area contributed by atoms with E-state index in [0.717, 1.165) is 24.5 Å². The van der Waals surface area contributed by atoms with Crippen LogP contribution in [0.4, 0.5) is 0 Å². The Kier molecular flexibility index (Phi) is 5.02. The number of hydrogen-bond acceptors (Lipinski definition) is 2. The van der Waals surface area contributed by atoms with Crippen LogP contribution in [-0.2, 0) is 6.54 Å². The van der Waals surface area contributed by atoms with Crippen LogP contribution in [0.5, 0.6) is 0 Å². The first-order valence-corrected chi connectivity index (χ1v) is 5.58. The van der Waals surface area contributed by atoms with Crippen LogP contribution in [0.1, 0.15) is 12.0 Å². The molecule has 2 N–H and O–H groups in total. The molecule has 0 atom stereocenters. The average molecular weight is 243 g/mol. The fraction of sp³-hybridized carbons (Fsp3) is 0.364. The van der Waals surface area contributed by atoms with E-state index in [1.54, 1.807) is 0 Å². The second-order valence-electron chi connectivity index (χ2n) is 3.58. The molecule has 0 radical (unpaired) electrons. The van der Waals surface area contributed by atoms with Gasteiger partial charge in [0.05, 0.1) is 4.99 Å². The maximum absolute atomic E-state index is 5.80. The van der Waals surface area contributed by atoms with Gasteiger partial charge >= 0.3 is 0 Å². The van der Waals surface area contributed by atoms with Crippen molar-refractivity contribution in [3.8, 4) is 0 Å². The lowest BCUT2D eigenvalue weighted by atomic mass is 10.2. The monoisotopic (exact) mass is 242 g/mol. The Hall–Kier alpha value is -0.640. The van der Waals surface area contributed by atoms with Crippen LogP contribution in [0.15, 0.2) is 24.3 Å². The summed E-state index contributed by atoms with van der Waals surface area (Å²) >= 11 is 10.6. The second kappa shape index (κ2) is 6.05. The normalized spacial score (nSPS) is 10.6. The Balaban J connectivity index is 2.40. The summed E-state index contributed by atoms with van der Waals surface area (Å²) in [5.74, 6) is 0. The van der Waals surface area contributed by atoms with Crippen molar-refractivity contribution in [2.45, 2.75) is 13.0 Å². The number of rotatable bonds is 5. The van der Waals surface area contributed by atoms with Gasteiger partial charge in [-0.2, -0.15) is 0 Å². The fourth-order valence-electron chi connectivity index (χ4n) is 1.28. The number of nitrogens with two attached hydrogens (primary N) is 1. The van der Waals surface area contributed by atoms with Crippen molar-refractivity contribution in [3.05, 3.63) is 34.9 Å². The van der Waals surface area contributed by atoms with Gasteiger partial charge in [0.1, 0.15) is 0 Å². The van der Waals surface area contributed by atoms with Crippen LogP contribution >= 0.6 is 23.8 Å². The molecule has 15 heavy (non-hydrogen) atoms. The molecular formula is C11H15ClN2S. The zero-order chi connectivity index (χ0) is 11.3. The average Bonchev–Trinajstić information content (AvgIpc) is 2.19. The third kappa shape index (κ3) is 5.11. The summed E-state index contributed by atoms with van der Waals surface area (Å²) in [6.07, 6.45) is 0.763. The first-order valence-electron chi connectivity index (χ1n) is 4.79. The van der Waals surface area contributed by atoms with Crippen LogP contribution in [-0.4, -0.2) is 23.5 Å². The lowest BCUT2D eigenvalue weighted by Gasteiger charge is -2.16. The van der Waals surface area contributed by atoms with Crippen molar-refractivity contribution < 1.29 is 0 Å². The Morgan fingerprint density at radius 3 is 2.53 bits per heavy atom. The SMILES string of the molecule is CN(CCC(N)=S)Cc1ccc(Cl)cc1. The zero-order valence-corrected chi connectivity index (χ0v) is 10.3. The van der Waals surface area contributed by atoms with E-state index >= 15 is 0 Å². The number of halogens is 1. The number of thiocarbonyl (C=S) groups is 1. The van der Waals surface area contributed by atoms with Gasteiger partial charge in [-0.3, -0.25) is 0 Å². The van der Waals surface area contributed by atoms with Gasteiger partial charge in [0.15, 0.2) is 0 Å². The molecule has 0 aromatic heterocycles. The molecule has 82 valence electrons. The Morgan fingerprint density at radius 2 is 2.00 bits per heavy atom. The van der Waals surface area contributed by atoms with Crippen LogP contribution in [0.25, 0.3) is 0 Å². The van der Waals surface area contributed by atoms with E-state index in [1.807, 2.05) is 31.3 Å². The molecule has 0 unspecified atom stereocenters. The Bertz CT molecular complexity index is 324. The first kappa shape index (κ1) is 12.4. The lowest BCUT2D eigenvalue weighted by Crippen LogP contribution is -2.23. The third-order valence-corrected chi connectivity index (χ3v) is 2.56. The number of hydrogen-bond donors (Lipinski definition) is 1. The van der Waals surface area contributed by atoms with E-state index in [4.69, 9.17) is 29.6 Å². The molecule has 1 aromatic carbocycles. The highest BCUT2D eigenvalue weighted by molar-refractivity contribution is 7.80. The molecule has 1 aromatic rings. The van der Waals surface area contributed by atoms with E-state index in [1.165, 1.54) is 5.56 Å². The fourth-order valence-corrected chi connectivity index (χ4v) is 1.50. The van der Waals surface area contributed by atoms with Gasteiger partial charge in [-0.15, -0.1) is 0 Å². The van der Waals surface area contributed by atoms with Crippen molar-refractivity contribution in [1.29, 1.82) is 0 Å². The van der Waals surface area contributed by atoms with E-state index in [-0.39, 0.29) is 0 Å². The summed E-state index contributed by atoms with van der Waals surface area (Å²) in [7, 11) is 2.05. The van der Waals surface area contributed by atoms with Gasteiger partial charge in [-0.1, -0.05) is 36.0 Å². The minimum atomic E-state index is 0.568. The predicted octanol–water partition coefficient (Wildman–Crippen LogP) is 2.45. The zero-order valence-electron chi connectivity index (χ0n) is 8.74. The lowest BCUT2D eigenvalue weighted by molar-refractivity contribution is 0.337. The summed E-state index contributed by atoms with van der Waals surface area (Å²) in [6, 6.07) is 7.86. The number of benzene rings is 1. The van der Waals surface area contributed by atoms with Crippen LogP contribution in [0.2, 0.25) is 5.02 Å². The van der Waals surface area contributed by atoms with Crippen LogP contribution in [0.3, 0.4) is 0 Å². The van der Waals surface area contributed by atoms with Gasteiger partial charge < -0.3 is 10.6 Å². The molecule has 0 aliphatic heterocycles. The van der Waals surface area contributed by atoms with Gasteiger partial charge in [0, 0.05) is 24.5 Å². The Morgan fingerprint density at radius 1 is 1.40 bits per heavy atom. The van der Waals surface area contributed by atoms with E-state index in [0.29, 0.717) is 4.99 Å². The summed E-state index contributed by atoms with van der Waals surface area (Å²) in [5.41, 5.74) is 6.68. The molecule has 0 fully saturated rings. The maximum atomic E-state index is 5.80. The second-order valence-corrected chi connectivity index (χ2v) is 4.54. The molecule has 0 saturated heterocycles. The highest BCUT2D eigenvalue weighted by Crippen LogP contribution is 2.10. The molecule has 0 spiro atoms. The third-order valence-electron chi connectivity index (χ3n) is 2.11. The molecule has 0 aliphatic carbocycles. The molecule has 0 saturated carbocycles. The minimum absolute atomic E-state index is 0.568. The van der Waals surface area contributed by atoms with E-state index in [2.05, 4.69) is 4.90 Å². The van der Waals surface area contributed by atoms with Crippen molar-refractivity contribution in [3.63, 3.8) is 0 Å². The molecule has 0 amide bonds. The van der Waals surface area contributed by atoms with Crippen molar-refractivity contribution in [2.24, 2.45) is 5.73 Å². The standard InChI is InChI=1S/C11H15ClN2S/c1-14(7-6-11(13)15)8-9-2-4-10(12)5-3-9/h2-5H,6-8H2,1H3,(H2,13,15). The summed E-state index contributed by atoms with van der Waals surface area (Å²) in [5, 5.41) is 0.768. The van der Waals surface area contributed by atoms with Crippen molar-refractivity contribution in [1.82, 2.24) is 4.90 Å². The molecule has 1 rings (SSSR count). The first-order chi connectivity index (χ1) is 7.08. The van der Waals surface area contributed by atoms with Crippen LogP contribution < -0.4 is 5.73 Å². The topological polar surface area (TPSA) is 29.3 Å². The highest BCUT2D eigenvalue weighted by Gasteiger charge is 2.00. The molecular weight excluding hydrogens is 228 g/mol. The predicted molar refractivity (Wildman–Crippen MR) is 69.2 cm³/mol. The van der Waals surface area contributed by atoms with Crippen molar-refractivity contribution in [2.75, 3.05) is 13.6 Å². The van der Waals surface area contributed by atoms with Gasteiger partial charge in [0.25, 0.3) is 0 Å². The summed E-state index contributed by atoms with van der Waals surface area (Å²) in [4.78, 5) is 2.75. The van der Waals surface area contributed by atoms with Gasteiger partial charge in [-0.05, 0) is 24.7 Å². The van der Waals surface area contributed by atoms with Gasteiger partial charge in [0.2, 0.25) is 0 Å². The quantitative estimate of drug-likeness (QED) is 0.805. The molecule has 2 nitrogen and oxygen atoms in total. The smallest absolute Gasteiger partial charge is 0.0740 e. The van der Waals surface area contributed by atoms with E-state index in [9.17, 15) is 0 Å². The van der Waals surface area contributed by atoms with Crippen molar-refractivity contribution >= 4 is 28.8 Å². The molecule has 0 heterocycles. The number of nitrogens with zero attached hydrogens (tertiary/aromatic N) is 1. The van der Waals surface area contributed by atoms with E-state index < -0.39 is 0 Å². The molecule has 0 bridgehead atoms. The molecule has 4 heteroatoms. The Labute approximate surface area is 101 Å². The summed E-state index contributed by atoms with van der Waals surface area (Å²) < 4.78 is 0.